The summed E-state index contributed by atoms with van der Waals surface area (Å²) in [6.45, 7) is 9.02. The fourth-order valence-corrected chi connectivity index (χ4v) is 2.92. The number of amides is 2. The Morgan fingerprint density at radius 2 is 2.00 bits per heavy atom. The van der Waals surface area contributed by atoms with Gasteiger partial charge in [0.2, 0.25) is 5.91 Å². The molecule has 1 aromatic rings. The van der Waals surface area contributed by atoms with Gasteiger partial charge in [0.25, 0.3) is 5.91 Å². The fourth-order valence-electron chi connectivity index (χ4n) is 2.92. The third kappa shape index (κ3) is 4.82. The van der Waals surface area contributed by atoms with Crippen LogP contribution in [0.15, 0.2) is 22.8 Å². The Kier molecular flexibility index (Phi) is 6.65. The summed E-state index contributed by atoms with van der Waals surface area (Å²) in [4.78, 5) is 28.4. The monoisotopic (exact) mass is 321 g/mol. The van der Waals surface area contributed by atoms with Crippen molar-refractivity contribution in [1.29, 1.82) is 0 Å². The highest BCUT2D eigenvalue weighted by Gasteiger charge is 2.28. The number of carbonyl (C=O) groups excluding carboxylic acids is 2. The van der Waals surface area contributed by atoms with E-state index in [1.54, 1.807) is 17.0 Å². The largest absolute Gasteiger partial charge is 0.459 e. The molecule has 0 unspecified atom stereocenters. The average Bonchev–Trinajstić information content (AvgIpc) is 3.12. The van der Waals surface area contributed by atoms with Crippen molar-refractivity contribution in [2.75, 3.05) is 39.3 Å². The van der Waals surface area contributed by atoms with Crippen LogP contribution in [0.1, 0.15) is 37.2 Å². The Morgan fingerprint density at radius 1 is 1.30 bits per heavy atom. The SMILES string of the molecule is CCN(CC)CCNC(=O)C1CCN(C(=O)c2ccco2)CC1. The minimum Gasteiger partial charge on any atom is -0.459 e. The second-order valence-corrected chi connectivity index (χ2v) is 5.86. The van der Waals surface area contributed by atoms with Crippen LogP contribution in [-0.4, -0.2) is 60.9 Å². The standard InChI is InChI=1S/C17H27N3O3/c1-3-19(4-2)12-9-18-16(21)14-7-10-20(11-8-14)17(22)15-6-5-13-23-15/h5-6,13-14H,3-4,7-12H2,1-2H3,(H,18,21). The minimum atomic E-state index is -0.0876. The first kappa shape index (κ1) is 17.5. The van der Waals surface area contributed by atoms with Crippen molar-refractivity contribution in [3.63, 3.8) is 0 Å². The number of likely N-dealkylation sites (tertiary alicyclic amines) is 1. The normalized spacial score (nSPS) is 15.9. The van der Waals surface area contributed by atoms with Crippen LogP contribution < -0.4 is 5.32 Å². The molecule has 0 aliphatic carbocycles. The number of furan rings is 1. The van der Waals surface area contributed by atoms with E-state index in [0.29, 0.717) is 38.2 Å². The van der Waals surface area contributed by atoms with Crippen molar-refractivity contribution in [2.45, 2.75) is 26.7 Å². The molecular weight excluding hydrogens is 294 g/mol. The van der Waals surface area contributed by atoms with E-state index in [0.717, 1.165) is 19.6 Å². The molecule has 1 aromatic heterocycles. The number of hydrogen-bond acceptors (Lipinski definition) is 4. The Balaban J connectivity index is 1.71. The third-order valence-corrected chi connectivity index (χ3v) is 4.51. The van der Waals surface area contributed by atoms with Gasteiger partial charge in [-0.05, 0) is 38.1 Å². The summed E-state index contributed by atoms with van der Waals surface area (Å²) in [6, 6.07) is 3.39. The van der Waals surface area contributed by atoms with Crippen LogP contribution in [0, 0.1) is 5.92 Å². The number of carbonyl (C=O) groups is 2. The van der Waals surface area contributed by atoms with Gasteiger partial charge in [0, 0.05) is 32.1 Å². The highest BCUT2D eigenvalue weighted by Crippen LogP contribution is 2.19. The third-order valence-electron chi connectivity index (χ3n) is 4.51. The van der Waals surface area contributed by atoms with Crippen molar-refractivity contribution < 1.29 is 14.0 Å². The first-order valence-electron chi connectivity index (χ1n) is 8.48. The highest BCUT2D eigenvalue weighted by atomic mass is 16.3. The zero-order chi connectivity index (χ0) is 16.7. The van der Waals surface area contributed by atoms with Crippen molar-refractivity contribution in [2.24, 2.45) is 5.92 Å². The lowest BCUT2D eigenvalue weighted by Gasteiger charge is -2.31. The summed E-state index contributed by atoms with van der Waals surface area (Å²) in [6.07, 6.45) is 2.93. The van der Waals surface area contributed by atoms with Gasteiger partial charge < -0.3 is 19.5 Å². The Morgan fingerprint density at radius 3 is 2.57 bits per heavy atom. The lowest BCUT2D eigenvalue weighted by Crippen LogP contribution is -2.44. The Bertz CT molecular complexity index is 489. The van der Waals surface area contributed by atoms with Gasteiger partial charge in [-0.2, -0.15) is 0 Å². The van der Waals surface area contributed by atoms with E-state index in [1.165, 1.54) is 6.26 Å². The Hall–Kier alpha value is -1.82. The fraction of sp³-hybridized carbons (Fsp3) is 0.647. The van der Waals surface area contributed by atoms with Gasteiger partial charge in [0.05, 0.1) is 6.26 Å². The molecule has 2 amide bonds. The van der Waals surface area contributed by atoms with E-state index in [2.05, 4.69) is 24.1 Å². The number of rotatable bonds is 7. The molecule has 128 valence electrons. The number of nitrogens with one attached hydrogen (secondary N) is 1. The molecule has 6 nitrogen and oxygen atoms in total. The van der Waals surface area contributed by atoms with E-state index in [4.69, 9.17) is 4.42 Å². The van der Waals surface area contributed by atoms with Crippen LogP contribution in [0.4, 0.5) is 0 Å². The molecule has 1 saturated heterocycles. The second kappa shape index (κ2) is 8.72. The smallest absolute Gasteiger partial charge is 0.289 e. The zero-order valence-corrected chi connectivity index (χ0v) is 14.1. The molecule has 2 rings (SSSR count). The van der Waals surface area contributed by atoms with Gasteiger partial charge in [-0.25, -0.2) is 0 Å². The maximum Gasteiger partial charge on any atom is 0.289 e. The minimum absolute atomic E-state index is 0.00681. The molecule has 23 heavy (non-hydrogen) atoms. The summed E-state index contributed by atoms with van der Waals surface area (Å²) >= 11 is 0. The van der Waals surface area contributed by atoms with E-state index < -0.39 is 0 Å². The summed E-state index contributed by atoms with van der Waals surface area (Å²) < 4.78 is 5.14. The molecule has 0 aromatic carbocycles. The summed E-state index contributed by atoms with van der Waals surface area (Å²) in [5, 5.41) is 3.02. The lowest BCUT2D eigenvalue weighted by atomic mass is 9.95. The van der Waals surface area contributed by atoms with Crippen LogP contribution in [0.5, 0.6) is 0 Å². The predicted octanol–water partition coefficient (Wildman–Crippen LogP) is 1.59. The van der Waals surface area contributed by atoms with Crippen molar-refractivity contribution in [3.8, 4) is 0 Å². The van der Waals surface area contributed by atoms with Gasteiger partial charge in [0.1, 0.15) is 0 Å². The molecule has 0 saturated carbocycles. The Labute approximate surface area is 137 Å². The number of likely N-dealkylation sites (N-methyl/N-ethyl adjacent to an activating group) is 1. The second-order valence-electron chi connectivity index (χ2n) is 5.86. The van der Waals surface area contributed by atoms with Gasteiger partial charge in [0.15, 0.2) is 5.76 Å². The van der Waals surface area contributed by atoms with Crippen LogP contribution in [0.2, 0.25) is 0 Å². The maximum absolute atomic E-state index is 12.2. The topological polar surface area (TPSA) is 65.8 Å². The van der Waals surface area contributed by atoms with Crippen LogP contribution >= 0.6 is 0 Å². The van der Waals surface area contributed by atoms with Crippen molar-refractivity contribution in [1.82, 2.24) is 15.1 Å². The van der Waals surface area contributed by atoms with Crippen molar-refractivity contribution in [3.05, 3.63) is 24.2 Å². The van der Waals surface area contributed by atoms with E-state index in [-0.39, 0.29) is 17.7 Å². The van der Waals surface area contributed by atoms with Gasteiger partial charge in [-0.15, -0.1) is 0 Å². The van der Waals surface area contributed by atoms with Crippen LogP contribution in [-0.2, 0) is 4.79 Å². The average molecular weight is 321 g/mol. The lowest BCUT2D eigenvalue weighted by molar-refractivity contribution is -0.126. The number of hydrogen-bond donors (Lipinski definition) is 1. The molecule has 1 fully saturated rings. The molecule has 6 heteroatoms. The maximum atomic E-state index is 12.2. The van der Waals surface area contributed by atoms with Gasteiger partial charge in [-0.1, -0.05) is 13.8 Å². The van der Waals surface area contributed by atoms with E-state index in [9.17, 15) is 9.59 Å². The first-order chi connectivity index (χ1) is 11.2. The number of piperidine rings is 1. The summed E-state index contributed by atoms with van der Waals surface area (Å²) in [5.74, 6) is 0.400. The van der Waals surface area contributed by atoms with Gasteiger partial charge in [-0.3, -0.25) is 9.59 Å². The summed E-state index contributed by atoms with van der Waals surface area (Å²) in [7, 11) is 0. The van der Waals surface area contributed by atoms with Crippen molar-refractivity contribution >= 4 is 11.8 Å². The predicted molar refractivity (Wildman–Crippen MR) is 88.1 cm³/mol. The molecular formula is C17H27N3O3. The van der Waals surface area contributed by atoms with Gasteiger partial charge >= 0.3 is 0 Å². The van der Waals surface area contributed by atoms with Crippen LogP contribution in [0.3, 0.4) is 0 Å². The molecule has 1 N–H and O–H groups in total. The molecule has 1 aliphatic heterocycles. The quantitative estimate of drug-likeness (QED) is 0.828. The van der Waals surface area contributed by atoms with E-state index >= 15 is 0 Å². The molecule has 0 radical (unpaired) electrons. The first-order valence-corrected chi connectivity index (χ1v) is 8.48. The molecule has 2 heterocycles. The molecule has 1 aliphatic rings. The summed E-state index contributed by atoms with van der Waals surface area (Å²) in [5.41, 5.74) is 0. The zero-order valence-electron chi connectivity index (χ0n) is 14.1. The highest BCUT2D eigenvalue weighted by molar-refractivity contribution is 5.91. The number of nitrogens with zero attached hydrogens (tertiary/aromatic N) is 2. The van der Waals surface area contributed by atoms with Crippen LogP contribution in [0.25, 0.3) is 0 Å². The molecule has 0 bridgehead atoms. The molecule has 0 spiro atoms. The van der Waals surface area contributed by atoms with E-state index in [1.807, 2.05) is 0 Å². The molecule has 0 atom stereocenters.